The lowest BCUT2D eigenvalue weighted by Gasteiger charge is -2.10. The average molecular weight is 224 g/mol. The van der Waals surface area contributed by atoms with Gasteiger partial charge in [0.2, 0.25) is 0 Å². The lowest BCUT2D eigenvalue weighted by Crippen LogP contribution is -2.15. The Morgan fingerprint density at radius 3 is 2.75 bits per heavy atom. The fraction of sp³-hybridized carbons (Fsp3) is 0.455. The number of pyridine rings is 1. The van der Waals surface area contributed by atoms with E-state index < -0.39 is 5.97 Å². The van der Waals surface area contributed by atoms with E-state index in [2.05, 4.69) is 9.88 Å². The monoisotopic (exact) mass is 224 g/mol. The van der Waals surface area contributed by atoms with Crippen LogP contribution in [-0.2, 0) is 0 Å². The predicted octanol–water partition coefficient (Wildman–Crippen LogP) is 1.11. The molecule has 0 saturated heterocycles. The number of carbonyl (C=O) groups is 1. The van der Waals surface area contributed by atoms with Crippen LogP contribution in [0.4, 0.5) is 0 Å². The molecule has 0 saturated carbocycles. The number of carboxylic acids is 1. The number of rotatable bonds is 6. The van der Waals surface area contributed by atoms with Gasteiger partial charge in [0.15, 0.2) is 0 Å². The highest BCUT2D eigenvalue weighted by Gasteiger charge is 2.03. The van der Waals surface area contributed by atoms with Crippen LogP contribution in [0.1, 0.15) is 16.9 Å². The van der Waals surface area contributed by atoms with Gasteiger partial charge in [-0.2, -0.15) is 0 Å². The molecule has 0 aliphatic rings. The lowest BCUT2D eigenvalue weighted by molar-refractivity contribution is 0.0690. The summed E-state index contributed by atoms with van der Waals surface area (Å²) in [5.74, 6) is -0.428. The Balaban J connectivity index is 2.35. The molecule has 0 atom stereocenters. The van der Waals surface area contributed by atoms with Gasteiger partial charge in [0.05, 0.1) is 12.8 Å². The van der Waals surface area contributed by atoms with Crippen LogP contribution in [0.2, 0.25) is 0 Å². The summed E-state index contributed by atoms with van der Waals surface area (Å²) in [6.07, 6.45) is 2.35. The van der Waals surface area contributed by atoms with Gasteiger partial charge in [-0.3, -0.25) is 0 Å². The molecule has 0 spiro atoms. The van der Waals surface area contributed by atoms with Crippen molar-refractivity contribution in [3.8, 4) is 5.75 Å². The second kappa shape index (κ2) is 6.07. The third kappa shape index (κ3) is 4.27. The van der Waals surface area contributed by atoms with Gasteiger partial charge in [-0.1, -0.05) is 0 Å². The molecule has 0 aliphatic heterocycles. The number of hydrogen-bond acceptors (Lipinski definition) is 4. The summed E-state index contributed by atoms with van der Waals surface area (Å²) >= 11 is 0. The zero-order valence-electron chi connectivity index (χ0n) is 9.51. The van der Waals surface area contributed by atoms with Gasteiger partial charge in [0, 0.05) is 6.54 Å². The minimum Gasteiger partial charge on any atom is -0.492 e. The third-order valence-electron chi connectivity index (χ3n) is 1.97. The van der Waals surface area contributed by atoms with E-state index in [4.69, 9.17) is 9.84 Å². The maximum Gasteiger partial charge on any atom is 0.354 e. The van der Waals surface area contributed by atoms with E-state index in [1.807, 2.05) is 14.1 Å². The quantitative estimate of drug-likeness (QED) is 0.733. The van der Waals surface area contributed by atoms with Gasteiger partial charge in [0.25, 0.3) is 0 Å². The first-order valence-electron chi connectivity index (χ1n) is 5.06. The molecule has 0 aliphatic carbocycles. The second-order valence-corrected chi connectivity index (χ2v) is 3.69. The molecule has 5 nitrogen and oxygen atoms in total. The highest BCUT2D eigenvalue weighted by Crippen LogP contribution is 2.09. The highest BCUT2D eigenvalue weighted by molar-refractivity contribution is 5.85. The van der Waals surface area contributed by atoms with Gasteiger partial charge in [0.1, 0.15) is 11.4 Å². The minimum absolute atomic E-state index is 0.0284. The van der Waals surface area contributed by atoms with Crippen LogP contribution in [0.3, 0.4) is 0 Å². The van der Waals surface area contributed by atoms with Crippen molar-refractivity contribution in [1.29, 1.82) is 0 Å². The molecule has 0 radical (unpaired) electrons. The number of carboxylic acid groups (broad SMARTS) is 1. The first-order chi connectivity index (χ1) is 7.59. The summed E-state index contributed by atoms with van der Waals surface area (Å²) in [7, 11) is 4.01. The number of nitrogens with zero attached hydrogens (tertiary/aromatic N) is 2. The molecule has 16 heavy (non-hydrogen) atoms. The molecule has 0 amide bonds. The van der Waals surface area contributed by atoms with E-state index in [0.29, 0.717) is 12.4 Å². The molecule has 0 aromatic carbocycles. The fourth-order valence-electron chi connectivity index (χ4n) is 1.16. The van der Waals surface area contributed by atoms with Gasteiger partial charge in [-0.05, 0) is 32.6 Å². The standard InChI is InChI=1S/C11H16N2O3/c1-13(2)6-3-7-16-9-4-5-10(11(14)15)12-8-9/h4-5,8H,3,6-7H2,1-2H3,(H,14,15). The Morgan fingerprint density at radius 2 is 2.25 bits per heavy atom. The Morgan fingerprint density at radius 1 is 1.50 bits per heavy atom. The first-order valence-corrected chi connectivity index (χ1v) is 5.06. The van der Waals surface area contributed by atoms with Crippen molar-refractivity contribution in [2.45, 2.75) is 6.42 Å². The second-order valence-electron chi connectivity index (χ2n) is 3.69. The molecule has 0 unspecified atom stereocenters. The Labute approximate surface area is 94.7 Å². The molecule has 0 bridgehead atoms. The summed E-state index contributed by atoms with van der Waals surface area (Å²) in [5, 5.41) is 8.64. The Hall–Kier alpha value is -1.62. The SMILES string of the molecule is CN(C)CCCOc1ccc(C(=O)O)nc1. The van der Waals surface area contributed by atoms with Crippen molar-refractivity contribution in [3.05, 3.63) is 24.0 Å². The molecule has 88 valence electrons. The van der Waals surface area contributed by atoms with Crippen LogP contribution in [0, 0.1) is 0 Å². The lowest BCUT2D eigenvalue weighted by atomic mass is 10.3. The molecular weight excluding hydrogens is 208 g/mol. The zero-order valence-corrected chi connectivity index (χ0v) is 9.51. The molecule has 1 aromatic heterocycles. The zero-order chi connectivity index (χ0) is 12.0. The maximum absolute atomic E-state index is 10.5. The van der Waals surface area contributed by atoms with Gasteiger partial charge in [-0.25, -0.2) is 9.78 Å². The third-order valence-corrected chi connectivity index (χ3v) is 1.97. The van der Waals surface area contributed by atoms with Crippen molar-refractivity contribution in [3.63, 3.8) is 0 Å². The van der Waals surface area contributed by atoms with Crippen LogP contribution in [0.15, 0.2) is 18.3 Å². The summed E-state index contributed by atoms with van der Waals surface area (Å²) < 4.78 is 5.41. The van der Waals surface area contributed by atoms with Crippen molar-refractivity contribution >= 4 is 5.97 Å². The van der Waals surface area contributed by atoms with Gasteiger partial charge < -0.3 is 14.7 Å². The van der Waals surface area contributed by atoms with E-state index in [1.165, 1.54) is 12.3 Å². The number of ether oxygens (including phenoxy) is 1. The highest BCUT2D eigenvalue weighted by atomic mass is 16.5. The van der Waals surface area contributed by atoms with Crippen LogP contribution < -0.4 is 4.74 Å². The smallest absolute Gasteiger partial charge is 0.354 e. The summed E-state index contributed by atoms with van der Waals surface area (Å²) in [6, 6.07) is 3.05. The molecule has 0 fully saturated rings. The van der Waals surface area contributed by atoms with Crippen LogP contribution in [0.25, 0.3) is 0 Å². The number of hydrogen-bond donors (Lipinski definition) is 1. The Bertz CT molecular complexity index is 336. The van der Waals surface area contributed by atoms with Crippen molar-refractivity contribution in [1.82, 2.24) is 9.88 Å². The van der Waals surface area contributed by atoms with E-state index in [0.717, 1.165) is 13.0 Å². The molecule has 1 rings (SSSR count). The maximum atomic E-state index is 10.5. The minimum atomic E-state index is -1.03. The molecule has 1 N–H and O–H groups in total. The van der Waals surface area contributed by atoms with Gasteiger partial charge >= 0.3 is 5.97 Å². The molecular formula is C11H16N2O3. The van der Waals surface area contributed by atoms with Crippen molar-refractivity contribution in [2.75, 3.05) is 27.2 Å². The summed E-state index contributed by atoms with van der Waals surface area (Å²) in [4.78, 5) is 16.4. The largest absolute Gasteiger partial charge is 0.492 e. The molecule has 1 aromatic rings. The van der Waals surface area contributed by atoms with E-state index in [9.17, 15) is 4.79 Å². The van der Waals surface area contributed by atoms with E-state index in [-0.39, 0.29) is 5.69 Å². The predicted molar refractivity (Wildman–Crippen MR) is 59.9 cm³/mol. The normalized spacial score (nSPS) is 10.4. The topological polar surface area (TPSA) is 62.7 Å². The first kappa shape index (κ1) is 12.4. The summed E-state index contributed by atoms with van der Waals surface area (Å²) in [6.45, 7) is 1.56. The van der Waals surface area contributed by atoms with Crippen LogP contribution in [-0.4, -0.2) is 48.2 Å². The molecule has 1 heterocycles. The van der Waals surface area contributed by atoms with Gasteiger partial charge in [-0.15, -0.1) is 0 Å². The van der Waals surface area contributed by atoms with Crippen molar-refractivity contribution < 1.29 is 14.6 Å². The van der Waals surface area contributed by atoms with Crippen LogP contribution >= 0.6 is 0 Å². The van der Waals surface area contributed by atoms with E-state index >= 15 is 0 Å². The number of aromatic nitrogens is 1. The average Bonchev–Trinajstić information content (AvgIpc) is 2.25. The summed E-state index contributed by atoms with van der Waals surface area (Å²) in [5.41, 5.74) is 0.0284. The molecule has 5 heteroatoms. The van der Waals surface area contributed by atoms with Crippen molar-refractivity contribution in [2.24, 2.45) is 0 Å². The van der Waals surface area contributed by atoms with E-state index in [1.54, 1.807) is 6.07 Å². The fourth-order valence-corrected chi connectivity index (χ4v) is 1.16. The van der Waals surface area contributed by atoms with Crippen LogP contribution in [0.5, 0.6) is 5.75 Å². The number of aromatic carboxylic acids is 1. The Kier molecular flexibility index (Phi) is 4.72.